The molecule has 1 atom stereocenters. The van der Waals surface area contributed by atoms with Gasteiger partial charge in [0.05, 0.1) is 6.04 Å². The van der Waals surface area contributed by atoms with Crippen molar-refractivity contribution in [1.82, 2.24) is 0 Å². The lowest BCUT2D eigenvalue weighted by molar-refractivity contribution is 0.874. The molecule has 0 aliphatic rings. The summed E-state index contributed by atoms with van der Waals surface area (Å²) in [6.45, 7) is 2.14. The van der Waals surface area contributed by atoms with E-state index in [2.05, 4.69) is 78.0 Å². The third-order valence-corrected chi connectivity index (χ3v) is 4.73. The second kappa shape index (κ2) is 5.54. The maximum atomic E-state index is 6.53. The summed E-state index contributed by atoms with van der Waals surface area (Å²) in [4.78, 5) is 0. The van der Waals surface area contributed by atoms with E-state index >= 15 is 0 Å². The van der Waals surface area contributed by atoms with Gasteiger partial charge in [0.15, 0.2) is 0 Å². The molecule has 1 unspecified atom stereocenters. The fraction of sp³-hybridized carbons (Fsp3) is 0.111. The first-order valence-corrected chi connectivity index (χ1v) is 7.74. The number of fused-ring (bicyclic) bond motifs is 1. The molecule has 2 N–H and O–H groups in total. The van der Waals surface area contributed by atoms with E-state index < -0.39 is 0 Å². The number of benzene rings is 3. The van der Waals surface area contributed by atoms with Crippen LogP contribution < -0.4 is 5.73 Å². The van der Waals surface area contributed by atoms with Crippen molar-refractivity contribution in [2.45, 2.75) is 13.0 Å². The molecule has 0 bridgehead atoms. The summed E-state index contributed by atoms with van der Waals surface area (Å²) in [6.07, 6.45) is 0. The molecule has 0 heterocycles. The van der Waals surface area contributed by atoms with Gasteiger partial charge in [-0.25, -0.2) is 0 Å². The number of aryl methyl sites for hydroxylation is 1. The average molecular weight is 373 g/mol. The molecule has 0 saturated heterocycles. The number of hydrogen-bond acceptors (Lipinski definition) is 1. The third kappa shape index (κ3) is 2.34. The zero-order valence-electron chi connectivity index (χ0n) is 11.3. The van der Waals surface area contributed by atoms with Crippen LogP contribution in [0.1, 0.15) is 22.7 Å². The van der Waals surface area contributed by atoms with Gasteiger partial charge in [-0.3, -0.25) is 0 Å². The molecule has 0 saturated carbocycles. The predicted molar refractivity (Wildman–Crippen MR) is 93.9 cm³/mol. The minimum absolute atomic E-state index is 0.0893. The van der Waals surface area contributed by atoms with Crippen molar-refractivity contribution in [3.63, 3.8) is 0 Å². The van der Waals surface area contributed by atoms with Crippen LogP contribution in [0.3, 0.4) is 0 Å². The predicted octanol–water partition coefficient (Wildman–Crippen LogP) is 4.80. The van der Waals surface area contributed by atoms with Crippen LogP contribution in [0.4, 0.5) is 0 Å². The van der Waals surface area contributed by atoms with Gasteiger partial charge in [0.1, 0.15) is 0 Å². The van der Waals surface area contributed by atoms with E-state index in [1.807, 2.05) is 12.1 Å². The summed E-state index contributed by atoms with van der Waals surface area (Å²) in [6, 6.07) is 21.0. The molecule has 0 spiro atoms. The van der Waals surface area contributed by atoms with Gasteiger partial charge in [0.25, 0.3) is 0 Å². The average Bonchev–Trinajstić information content (AvgIpc) is 2.48. The van der Waals surface area contributed by atoms with Gasteiger partial charge in [0.2, 0.25) is 0 Å². The van der Waals surface area contributed by atoms with Gasteiger partial charge in [-0.15, -0.1) is 0 Å². The van der Waals surface area contributed by atoms with Crippen LogP contribution in [-0.2, 0) is 0 Å². The Morgan fingerprint density at radius 2 is 1.45 bits per heavy atom. The Hall–Kier alpha value is -1.39. The van der Waals surface area contributed by atoms with Gasteiger partial charge in [-0.1, -0.05) is 54.6 Å². The Morgan fingerprint density at radius 1 is 0.800 bits per heavy atom. The number of nitrogens with two attached hydrogens (primary N) is 1. The minimum atomic E-state index is -0.0893. The Bertz CT molecular complexity index is 764. The van der Waals surface area contributed by atoms with E-state index in [0.717, 1.165) is 0 Å². The molecule has 2 heteroatoms. The first-order valence-electron chi connectivity index (χ1n) is 6.67. The first-order chi connectivity index (χ1) is 9.68. The zero-order chi connectivity index (χ0) is 14.1. The van der Waals surface area contributed by atoms with Crippen LogP contribution in [0.2, 0.25) is 0 Å². The maximum absolute atomic E-state index is 6.53. The van der Waals surface area contributed by atoms with E-state index in [-0.39, 0.29) is 6.04 Å². The van der Waals surface area contributed by atoms with Crippen LogP contribution in [-0.4, -0.2) is 0 Å². The van der Waals surface area contributed by atoms with Crippen molar-refractivity contribution in [1.29, 1.82) is 0 Å². The molecule has 3 aromatic carbocycles. The number of rotatable bonds is 2. The molecule has 1 nitrogen and oxygen atoms in total. The summed E-state index contributed by atoms with van der Waals surface area (Å²) in [5.41, 5.74) is 10.2. The van der Waals surface area contributed by atoms with E-state index in [1.165, 1.54) is 31.0 Å². The van der Waals surface area contributed by atoms with Crippen LogP contribution in [0.5, 0.6) is 0 Å². The number of halogens is 1. The summed E-state index contributed by atoms with van der Waals surface area (Å²) in [7, 11) is 0. The first kappa shape index (κ1) is 13.6. The monoisotopic (exact) mass is 373 g/mol. The molecule has 100 valence electrons. The van der Waals surface area contributed by atoms with Crippen molar-refractivity contribution in [2.24, 2.45) is 5.73 Å². The van der Waals surface area contributed by atoms with Crippen LogP contribution >= 0.6 is 22.6 Å². The molecule has 0 fully saturated rings. The summed E-state index contributed by atoms with van der Waals surface area (Å²) >= 11 is 2.35. The topological polar surface area (TPSA) is 26.0 Å². The standard InChI is InChI=1S/C18H16IN/c1-12-10-11-15(14-7-3-2-6-13(12)14)18(20)16-8-4-5-9-17(16)19/h2-11,18H,20H2,1H3. The highest BCUT2D eigenvalue weighted by atomic mass is 127. The highest BCUT2D eigenvalue weighted by Crippen LogP contribution is 2.31. The molecular formula is C18H16IN. The lowest BCUT2D eigenvalue weighted by atomic mass is 9.92. The van der Waals surface area contributed by atoms with Crippen LogP contribution in [0.25, 0.3) is 10.8 Å². The Kier molecular flexibility index (Phi) is 3.76. The zero-order valence-corrected chi connectivity index (χ0v) is 13.5. The highest BCUT2D eigenvalue weighted by molar-refractivity contribution is 14.1. The SMILES string of the molecule is Cc1ccc(C(N)c2ccccc2I)c2ccccc12. The molecule has 0 aliphatic heterocycles. The molecule has 3 rings (SSSR count). The fourth-order valence-corrected chi connectivity index (χ4v) is 3.36. The quantitative estimate of drug-likeness (QED) is 0.642. The molecule has 20 heavy (non-hydrogen) atoms. The molecule has 0 radical (unpaired) electrons. The van der Waals surface area contributed by atoms with E-state index in [1.54, 1.807) is 0 Å². The summed E-state index contributed by atoms with van der Waals surface area (Å²) in [5.74, 6) is 0. The van der Waals surface area contributed by atoms with Crippen molar-refractivity contribution >= 4 is 33.4 Å². The highest BCUT2D eigenvalue weighted by Gasteiger charge is 2.14. The normalized spacial score (nSPS) is 12.6. The second-order valence-corrected chi connectivity index (χ2v) is 6.18. The summed E-state index contributed by atoms with van der Waals surface area (Å²) in [5, 5.41) is 2.53. The Morgan fingerprint density at radius 3 is 2.20 bits per heavy atom. The molecule has 0 aromatic heterocycles. The largest absolute Gasteiger partial charge is 0.320 e. The van der Waals surface area contributed by atoms with Crippen molar-refractivity contribution in [3.8, 4) is 0 Å². The smallest absolute Gasteiger partial charge is 0.0568 e. The third-order valence-electron chi connectivity index (χ3n) is 3.75. The maximum Gasteiger partial charge on any atom is 0.0568 e. The number of hydrogen-bond donors (Lipinski definition) is 1. The van der Waals surface area contributed by atoms with Gasteiger partial charge >= 0.3 is 0 Å². The van der Waals surface area contributed by atoms with Gasteiger partial charge in [-0.05, 0) is 63.0 Å². The van der Waals surface area contributed by atoms with Crippen molar-refractivity contribution < 1.29 is 0 Å². The lowest BCUT2D eigenvalue weighted by Gasteiger charge is -2.17. The van der Waals surface area contributed by atoms with Gasteiger partial charge in [-0.2, -0.15) is 0 Å². The van der Waals surface area contributed by atoms with Crippen molar-refractivity contribution in [3.05, 3.63) is 80.9 Å². The molecular weight excluding hydrogens is 357 g/mol. The molecule has 0 amide bonds. The second-order valence-electron chi connectivity index (χ2n) is 5.02. The Labute approximate surface area is 133 Å². The summed E-state index contributed by atoms with van der Waals surface area (Å²) < 4.78 is 1.21. The van der Waals surface area contributed by atoms with Crippen LogP contribution in [0.15, 0.2) is 60.7 Å². The van der Waals surface area contributed by atoms with Gasteiger partial charge in [0, 0.05) is 3.57 Å². The fourth-order valence-electron chi connectivity index (χ4n) is 2.64. The van der Waals surface area contributed by atoms with E-state index in [4.69, 9.17) is 5.73 Å². The molecule has 0 aliphatic carbocycles. The van der Waals surface area contributed by atoms with Crippen molar-refractivity contribution in [2.75, 3.05) is 0 Å². The minimum Gasteiger partial charge on any atom is -0.320 e. The van der Waals surface area contributed by atoms with Crippen LogP contribution in [0, 0.1) is 10.5 Å². The van der Waals surface area contributed by atoms with E-state index in [9.17, 15) is 0 Å². The molecule has 3 aromatic rings. The van der Waals surface area contributed by atoms with E-state index in [0.29, 0.717) is 0 Å². The lowest BCUT2D eigenvalue weighted by Crippen LogP contribution is -2.13. The Balaban J connectivity index is 2.20. The van der Waals surface area contributed by atoms with Gasteiger partial charge < -0.3 is 5.73 Å².